The lowest BCUT2D eigenvalue weighted by Gasteiger charge is -2.31. The molecular weight excluding hydrogens is 509 g/mol. The largest absolute Gasteiger partial charge is 0.396 e. The van der Waals surface area contributed by atoms with E-state index in [1.807, 2.05) is 6.92 Å². The molecule has 38 heavy (non-hydrogen) atoms. The molecule has 2 amide bonds. The van der Waals surface area contributed by atoms with Crippen LogP contribution >= 0.6 is 0 Å². The summed E-state index contributed by atoms with van der Waals surface area (Å²) in [5.41, 5.74) is 0.345. The van der Waals surface area contributed by atoms with Crippen LogP contribution in [0.15, 0.2) is 37.1 Å². The van der Waals surface area contributed by atoms with Crippen LogP contribution in [-0.2, 0) is 32.9 Å². The molecule has 5 atom stereocenters. The Bertz CT molecular complexity index is 1210. The molecule has 2 aliphatic heterocycles. The van der Waals surface area contributed by atoms with E-state index >= 15 is 4.11 Å². The van der Waals surface area contributed by atoms with Gasteiger partial charge in [0.05, 0.1) is 17.5 Å². The SMILES string of the molecule is C=CCN1C(=O)[C@]2(O[C@H](CCn3cc(CCO)nn3)[C@@H]([Si](C)(C)F)[C@@H]2C)c2cc(NC(=O)[C@H](C)O)ccc21. The number of amides is 2. The predicted octanol–water partition coefficient (Wildman–Crippen LogP) is 2.53. The first-order valence-electron chi connectivity index (χ1n) is 12.9. The lowest BCUT2D eigenvalue weighted by Crippen LogP contribution is -2.45. The van der Waals surface area contributed by atoms with E-state index in [-0.39, 0.29) is 19.1 Å². The number of aliphatic hydroxyl groups excluding tert-OH is 2. The number of nitrogens with one attached hydrogen (secondary N) is 1. The van der Waals surface area contributed by atoms with E-state index in [2.05, 4.69) is 22.2 Å². The van der Waals surface area contributed by atoms with Crippen LogP contribution in [0.25, 0.3) is 0 Å². The smallest absolute Gasteiger partial charge is 0.264 e. The van der Waals surface area contributed by atoms with E-state index in [9.17, 15) is 14.7 Å². The first-order valence-corrected chi connectivity index (χ1v) is 15.8. The maximum Gasteiger partial charge on any atom is 0.264 e. The molecule has 0 unspecified atom stereocenters. The summed E-state index contributed by atoms with van der Waals surface area (Å²) in [4.78, 5) is 27.8. The average molecular weight is 546 g/mol. The van der Waals surface area contributed by atoms with Crippen LogP contribution in [0.2, 0.25) is 18.6 Å². The number of anilines is 2. The fraction of sp³-hybridized carbons (Fsp3) is 0.538. The Hall–Kier alpha value is -2.93. The van der Waals surface area contributed by atoms with Crippen LogP contribution in [0.1, 0.15) is 31.5 Å². The number of aromatic nitrogens is 3. The van der Waals surface area contributed by atoms with Gasteiger partial charge in [-0.2, -0.15) is 0 Å². The van der Waals surface area contributed by atoms with Gasteiger partial charge < -0.3 is 29.3 Å². The van der Waals surface area contributed by atoms with E-state index in [0.717, 1.165) is 0 Å². The van der Waals surface area contributed by atoms with Crippen molar-refractivity contribution in [3.8, 4) is 0 Å². The fourth-order valence-corrected chi connectivity index (χ4v) is 8.43. The molecule has 1 spiro atoms. The van der Waals surface area contributed by atoms with Gasteiger partial charge in [-0.3, -0.25) is 14.3 Å². The Balaban J connectivity index is 1.73. The van der Waals surface area contributed by atoms with Crippen LogP contribution in [-0.4, -0.2) is 70.8 Å². The maximum absolute atomic E-state index is 15.9. The Morgan fingerprint density at radius 1 is 1.42 bits per heavy atom. The Labute approximate surface area is 222 Å². The number of carbonyl (C=O) groups excluding carboxylic acids is 2. The van der Waals surface area contributed by atoms with Crippen LogP contribution in [0, 0.1) is 5.92 Å². The third kappa shape index (κ3) is 4.93. The topological polar surface area (TPSA) is 130 Å². The van der Waals surface area contributed by atoms with Crippen molar-refractivity contribution in [2.45, 2.75) is 69.7 Å². The molecule has 0 radical (unpaired) electrons. The van der Waals surface area contributed by atoms with Gasteiger partial charge in [-0.1, -0.05) is 18.2 Å². The number of fused-ring (bicyclic) bond motifs is 2. The van der Waals surface area contributed by atoms with Crippen molar-refractivity contribution in [2.24, 2.45) is 5.92 Å². The molecule has 206 valence electrons. The Morgan fingerprint density at radius 2 is 2.16 bits per heavy atom. The van der Waals surface area contributed by atoms with Gasteiger partial charge in [0.1, 0.15) is 6.10 Å². The summed E-state index contributed by atoms with van der Waals surface area (Å²) in [6.07, 6.45) is 2.42. The van der Waals surface area contributed by atoms with Crippen molar-refractivity contribution in [3.63, 3.8) is 0 Å². The number of aryl methyl sites for hydroxylation is 1. The lowest BCUT2D eigenvalue weighted by atomic mass is 9.82. The highest BCUT2D eigenvalue weighted by Crippen LogP contribution is 2.60. The number of aliphatic hydroxyl groups is 2. The summed E-state index contributed by atoms with van der Waals surface area (Å²) in [7, 11) is -3.33. The second kappa shape index (κ2) is 10.7. The molecule has 1 aromatic heterocycles. The van der Waals surface area contributed by atoms with Gasteiger partial charge in [-0.25, -0.2) is 0 Å². The zero-order valence-electron chi connectivity index (χ0n) is 22.2. The summed E-state index contributed by atoms with van der Waals surface area (Å²) in [5, 5.41) is 29.6. The molecule has 0 bridgehead atoms. The molecule has 1 saturated heterocycles. The van der Waals surface area contributed by atoms with Gasteiger partial charge in [-0.05, 0) is 44.6 Å². The third-order valence-electron chi connectivity index (χ3n) is 7.52. The standard InChI is InChI=1S/C26H36FN5O5Si/c1-6-11-32-21-8-7-18(28-24(35)17(3)34)14-20(21)26(25(32)36)16(2)23(38(4,5)27)22(37-26)9-12-31-15-19(10-13-33)29-30-31/h6-8,14-17,22-23,33-34H,1,9-13H2,2-5H3,(H,28,35)/t16-,17-,22+,23-,26+/m0/s1. The van der Waals surface area contributed by atoms with Crippen molar-refractivity contribution in [1.82, 2.24) is 15.0 Å². The van der Waals surface area contributed by atoms with E-state index < -0.39 is 43.6 Å². The summed E-state index contributed by atoms with van der Waals surface area (Å²) in [5.74, 6) is -1.34. The van der Waals surface area contributed by atoms with Gasteiger partial charge in [0, 0.05) is 55.0 Å². The normalized spacial score (nSPS) is 25.6. The molecule has 1 fully saturated rings. The molecule has 0 saturated carbocycles. The Kier molecular flexibility index (Phi) is 7.89. The summed E-state index contributed by atoms with van der Waals surface area (Å²) >= 11 is 0. The van der Waals surface area contributed by atoms with Crippen molar-refractivity contribution >= 4 is 31.6 Å². The lowest BCUT2D eigenvalue weighted by molar-refractivity contribution is -0.145. The van der Waals surface area contributed by atoms with Crippen molar-refractivity contribution in [2.75, 3.05) is 23.4 Å². The highest BCUT2D eigenvalue weighted by molar-refractivity contribution is 6.72. The molecular formula is C26H36FN5O5Si. The minimum Gasteiger partial charge on any atom is -0.396 e. The number of carbonyl (C=O) groups is 2. The van der Waals surface area contributed by atoms with Crippen molar-refractivity contribution in [3.05, 3.63) is 48.3 Å². The Morgan fingerprint density at radius 3 is 2.79 bits per heavy atom. The van der Waals surface area contributed by atoms with E-state index in [4.69, 9.17) is 9.84 Å². The number of benzene rings is 1. The van der Waals surface area contributed by atoms with E-state index in [0.29, 0.717) is 42.0 Å². The number of nitrogens with zero attached hydrogens (tertiary/aromatic N) is 4. The molecule has 3 heterocycles. The molecule has 12 heteroatoms. The quantitative estimate of drug-likeness (QED) is 0.238. The van der Waals surface area contributed by atoms with Gasteiger partial charge in [0.2, 0.25) is 8.41 Å². The number of halogens is 1. The molecule has 1 aromatic carbocycles. The number of ether oxygens (including phenoxy) is 1. The first-order chi connectivity index (χ1) is 17.9. The minimum absolute atomic E-state index is 0.0312. The zero-order valence-corrected chi connectivity index (χ0v) is 23.2. The van der Waals surface area contributed by atoms with Crippen molar-refractivity contribution < 1.29 is 28.6 Å². The number of hydrogen-bond donors (Lipinski definition) is 3. The zero-order chi connectivity index (χ0) is 27.8. The van der Waals surface area contributed by atoms with Gasteiger partial charge in [0.25, 0.3) is 11.8 Å². The summed E-state index contributed by atoms with van der Waals surface area (Å²) < 4.78 is 24.2. The van der Waals surface area contributed by atoms with Gasteiger partial charge in [-0.15, -0.1) is 11.7 Å². The van der Waals surface area contributed by atoms with Crippen LogP contribution < -0.4 is 10.2 Å². The molecule has 2 aromatic rings. The first kappa shape index (κ1) is 28.1. The van der Waals surface area contributed by atoms with E-state index in [1.54, 1.807) is 53.1 Å². The minimum atomic E-state index is -3.33. The predicted molar refractivity (Wildman–Crippen MR) is 143 cm³/mol. The highest BCUT2D eigenvalue weighted by Gasteiger charge is 2.66. The average Bonchev–Trinajstić information content (AvgIpc) is 3.48. The van der Waals surface area contributed by atoms with Crippen LogP contribution in [0.3, 0.4) is 0 Å². The van der Waals surface area contributed by atoms with Gasteiger partial charge >= 0.3 is 0 Å². The molecule has 0 aliphatic carbocycles. The maximum atomic E-state index is 15.9. The number of hydrogen-bond acceptors (Lipinski definition) is 7. The second-order valence-electron chi connectivity index (χ2n) is 10.6. The second-order valence-corrected chi connectivity index (χ2v) is 14.4. The van der Waals surface area contributed by atoms with E-state index in [1.165, 1.54) is 6.92 Å². The fourth-order valence-electron chi connectivity index (χ4n) is 5.89. The molecule has 3 N–H and O–H groups in total. The summed E-state index contributed by atoms with van der Waals surface area (Å²) in [6.45, 7) is 10.9. The summed E-state index contributed by atoms with van der Waals surface area (Å²) in [6, 6.07) is 5.09. The molecule has 10 nitrogen and oxygen atoms in total. The highest BCUT2D eigenvalue weighted by atomic mass is 28.4. The third-order valence-corrected chi connectivity index (χ3v) is 9.97. The van der Waals surface area contributed by atoms with Crippen LogP contribution in [0.5, 0.6) is 0 Å². The monoisotopic (exact) mass is 545 g/mol. The molecule has 2 aliphatic rings. The number of rotatable bonds is 10. The van der Waals surface area contributed by atoms with Crippen LogP contribution in [0.4, 0.5) is 15.5 Å². The van der Waals surface area contributed by atoms with Crippen molar-refractivity contribution in [1.29, 1.82) is 0 Å². The van der Waals surface area contributed by atoms with Gasteiger partial charge in [0.15, 0.2) is 5.60 Å². The molecule has 4 rings (SSSR count).